The normalized spacial score (nSPS) is 19.6. The first-order chi connectivity index (χ1) is 9.02. The number of aryl methyl sites for hydroxylation is 1. The fourth-order valence-electron chi connectivity index (χ4n) is 2.26. The van der Waals surface area contributed by atoms with Crippen LogP contribution in [0.3, 0.4) is 0 Å². The lowest BCUT2D eigenvalue weighted by Gasteiger charge is -2.22. The summed E-state index contributed by atoms with van der Waals surface area (Å²) in [5, 5.41) is 7.57. The van der Waals surface area contributed by atoms with E-state index >= 15 is 0 Å². The SMILES string of the molecule is Cc1ccc2nc(NC3CCS(=O)(=O)CC3)nn2c1. The Morgan fingerprint density at radius 1 is 1.32 bits per heavy atom. The van der Waals surface area contributed by atoms with Crippen LogP contribution in [0.15, 0.2) is 18.3 Å². The summed E-state index contributed by atoms with van der Waals surface area (Å²) in [6.07, 6.45) is 3.16. The maximum atomic E-state index is 11.4. The predicted molar refractivity (Wildman–Crippen MR) is 73.0 cm³/mol. The van der Waals surface area contributed by atoms with Crippen LogP contribution >= 0.6 is 0 Å². The van der Waals surface area contributed by atoms with Crippen LogP contribution in [0.4, 0.5) is 5.95 Å². The number of aromatic nitrogens is 3. The highest BCUT2D eigenvalue weighted by atomic mass is 32.2. The van der Waals surface area contributed by atoms with Crippen LogP contribution in [0.5, 0.6) is 0 Å². The first kappa shape index (κ1) is 12.4. The van der Waals surface area contributed by atoms with Gasteiger partial charge in [-0.1, -0.05) is 6.07 Å². The van der Waals surface area contributed by atoms with E-state index in [9.17, 15) is 8.42 Å². The fourth-order valence-corrected chi connectivity index (χ4v) is 3.76. The van der Waals surface area contributed by atoms with E-state index in [4.69, 9.17) is 0 Å². The predicted octanol–water partition coefficient (Wildman–Crippen LogP) is 1.03. The third kappa shape index (κ3) is 2.70. The van der Waals surface area contributed by atoms with Gasteiger partial charge in [0.2, 0.25) is 5.95 Å². The molecule has 0 atom stereocenters. The van der Waals surface area contributed by atoms with E-state index in [1.807, 2.05) is 25.3 Å². The molecule has 2 aromatic heterocycles. The summed E-state index contributed by atoms with van der Waals surface area (Å²) >= 11 is 0. The van der Waals surface area contributed by atoms with Gasteiger partial charge in [0.25, 0.3) is 0 Å². The zero-order chi connectivity index (χ0) is 13.5. The van der Waals surface area contributed by atoms with Crippen LogP contribution in [0.25, 0.3) is 5.65 Å². The summed E-state index contributed by atoms with van der Waals surface area (Å²) < 4.78 is 24.5. The molecule has 0 aromatic carbocycles. The molecule has 1 fully saturated rings. The quantitative estimate of drug-likeness (QED) is 0.889. The van der Waals surface area contributed by atoms with Crippen LogP contribution in [0, 0.1) is 6.92 Å². The maximum Gasteiger partial charge on any atom is 0.243 e. The number of nitrogens with one attached hydrogen (secondary N) is 1. The van der Waals surface area contributed by atoms with Gasteiger partial charge in [-0.3, -0.25) is 0 Å². The standard InChI is InChI=1S/C12H16N4O2S/c1-9-2-3-11-14-12(15-16(11)8-9)13-10-4-6-19(17,18)7-5-10/h2-3,8,10H,4-7H2,1H3,(H,13,15). The van der Waals surface area contributed by atoms with Crippen molar-refractivity contribution in [2.24, 2.45) is 0 Å². The average Bonchev–Trinajstić information content (AvgIpc) is 2.73. The molecular formula is C12H16N4O2S. The molecule has 7 heteroatoms. The van der Waals surface area contributed by atoms with Gasteiger partial charge in [0.15, 0.2) is 5.65 Å². The summed E-state index contributed by atoms with van der Waals surface area (Å²) in [6, 6.07) is 4.04. The van der Waals surface area contributed by atoms with E-state index in [0.29, 0.717) is 18.8 Å². The first-order valence-corrected chi connectivity index (χ1v) is 8.14. The molecule has 0 saturated carbocycles. The third-order valence-electron chi connectivity index (χ3n) is 3.37. The highest BCUT2D eigenvalue weighted by Gasteiger charge is 2.24. The van der Waals surface area contributed by atoms with E-state index in [-0.39, 0.29) is 17.5 Å². The van der Waals surface area contributed by atoms with Crippen LogP contribution < -0.4 is 5.32 Å². The third-order valence-corrected chi connectivity index (χ3v) is 5.08. The second kappa shape index (κ2) is 4.48. The van der Waals surface area contributed by atoms with Gasteiger partial charge in [-0.2, -0.15) is 4.98 Å². The van der Waals surface area contributed by atoms with Gasteiger partial charge >= 0.3 is 0 Å². The molecule has 1 aliphatic heterocycles. The minimum atomic E-state index is -2.82. The second-order valence-corrected chi connectivity index (χ2v) is 7.32. The molecule has 0 aliphatic carbocycles. The number of rotatable bonds is 2. The molecule has 1 N–H and O–H groups in total. The molecule has 3 heterocycles. The molecule has 102 valence electrons. The molecule has 3 rings (SSSR count). The molecule has 0 amide bonds. The van der Waals surface area contributed by atoms with Gasteiger partial charge in [-0.15, -0.1) is 5.10 Å². The van der Waals surface area contributed by atoms with E-state index in [1.54, 1.807) is 4.52 Å². The Hall–Kier alpha value is -1.63. The minimum Gasteiger partial charge on any atom is -0.350 e. The van der Waals surface area contributed by atoms with Gasteiger partial charge < -0.3 is 5.32 Å². The molecule has 0 unspecified atom stereocenters. The Bertz CT molecular complexity index is 694. The van der Waals surface area contributed by atoms with Crippen LogP contribution in [-0.4, -0.2) is 40.6 Å². The van der Waals surface area contributed by atoms with Crippen molar-refractivity contribution < 1.29 is 8.42 Å². The number of fused-ring (bicyclic) bond motifs is 1. The lowest BCUT2D eigenvalue weighted by Crippen LogP contribution is -2.32. The molecule has 0 radical (unpaired) electrons. The van der Waals surface area contributed by atoms with Crippen molar-refractivity contribution in [3.63, 3.8) is 0 Å². The number of pyridine rings is 1. The summed E-state index contributed by atoms with van der Waals surface area (Å²) in [6.45, 7) is 2.00. The Morgan fingerprint density at radius 3 is 2.79 bits per heavy atom. The van der Waals surface area contributed by atoms with Crippen molar-refractivity contribution >= 4 is 21.4 Å². The van der Waals surface area contributed by atoms with Gasteiger partial charge in [0.05, 0.1) is 11.5 Å². The van der Waals surface area contributed by atoms with Crippen molar-refractivity contribution in [1.29, 1.82) is 0 Å². The lowest BCUT2D eigenvalue weighted by atomic mass is 10.2. The molecule has 6 nitrogen and oxygen atoms in total. The average molecular weight is 280 g/mol. The largest absolute Gasteiger partial charge is 0.350 e. The topological polar surface area (TPSA) is 76.4 Å². The Kier molecular flexibility index (Phi) is 2.93. The van der Waals surface area contributed by atoms with Gasteiger partial charge in [-0.05, 0) is 31.4 Å². The second-order valence-electron chi connectivity index (χ2n) is 5.02. The summed E-state index contributed by atoms with van der Waals surface area (Å²) in [5.41, 5.74) is 1.91. The zero-order valence-corrected chi connectivity index (χ0v) is 11.5. The summed E-state index contributed by atoms with van der Waals surface area (Å²) in [7, 11) is -2.82. The number of sulfone groups is 1. The molecular weight excluding hydrogens is 264 g/mol. The summed E-state index contributed by atoms with van der Waals surface area (Å²) in [4.78, 5) is 4.38. The van der Waals surface area contributed by atoms with E-state index in [0.717, 1.165) is 11.2 Å². The zero-order valence-electron chi connectivity index (χ0n) is 10.7. The van der Waals surface area contributed by atoms with Crippen LogP contribution in [0.1, 0.15) is 18.4 Å². The smallest absolute Gasteiger partial charge is 0.243 e. The highest BCUT2D eigenvalue weighted by Crippen LogP contribution is 2.16. The molecule has 2 aromatic rings. The monoisotopic (exact) mass is 280 g/mol. The maximum absolute atomic E-state index is 11.4. The van der Waals surface area contributed by atoms with Gasteiger partial charge in [0, 0.05) is 12.2 Å². The number of anilines is 1. The van der Waals surface area contributed by atoms with Crippen molar-refractivity contribution in [2.45, 2.75) is 25.8 Å². The number of hydrogen-bond acceptors (Lipinski definition) is 5. The number of nitrogens with zero attached hydrogens (tertiary/aromatic N) is 3. The van der Waals surface area contributed by atoms with Crippen molar-refractivity contribution in [3.8, 4) is 0 Å². The van der Waals surface area contributed by atoms with Crippen LogP contribution in [-0.2, 0) is 9.84 Å². The summed E-state index contributed by atoms with van der Waals surface area (Å²) in [5.74, 6) is 1.06. The van der Waals surface area contributed by atoms with Crippen molar-refractivity contribution in [2.75, 3.05) is 16.8 Å². The van der Waals surface area contributed by atoms with E-state index < -0.39 is 9.84 Å². The molecule has 19 heavy (non-hydrogen) atoms. The molecule has 0 spiro atoms. The first-order valence-electron chi connectivity index (χ1n) is 6.32. The van der Waals surface area contributed by atoms with Gasteiger partial charge in [-0.25, -0.2) is 12.9 Å². The lowest BCUT2D eigenvalue weighted by molar-refractivity contribution is 0.558. The Morgan fingerprint density at radius 2 is 2.05 bits per heavy atom. The minimum absolute atomic E-state index is 0.141. The molecule has 0 bridgehead atoms. The van der Waals surface area contributed by atoms with E-state index in [2.05, 4.69) is 15.4 Å². The van der Waals surface area contributed by atoms with Crippen molar-refractivity contribution in [1.82, 2.24) is 14.6 Å². The highest BCUT2D eigenvalue weighted by molar-refractivity contribution is 7.91. The van der Waals surface area contributed by atoms with Gasteiger partial charge in [0.1, 0.15) is 9.84 Å². The Labute approximate surface area is 111 Å². The molecule has 1 saturated heterocycles. The number of hydrogen-bond donors (Lipinski definition) is 1. The fraction of sp³-hybridized carbons (Fsp3) is 0.500. The van der Waals surface area contributed by atoms with Crippen LogP contribution in [0.2, 0.25) is 0 Å². The Balaban J connectivity index is 1.75. The molecule has 1 aliphatic rings. The van der Waals surface area contributed by atoms with E-state index in [1.165, 1.54) is 0 Å². The van der Waals surface area contributed by atoms with Crippen molar-refractivity contribution in [3.05, 3.63) is 23.9 Å².